The van der Waals surface area contributed by atoms with Gasteiger partial charge in [0.25, 0.3) is 0 Å². The molecule has 164 valence electrons. The van der Waals surface area contributed by atoms with Crippen molar-refractivity contribution in [3.63, 3.8) is 0 Å². The maximum Gasteiger partial charge on any atom is 0.194 e. The lowest BCUT2D eigenvalue weighted by Gasteiger charge is -2.55. The Balaban J connectivity index is 1.56. The molecule has 0 atom stereocenters. The Labute approximate surface area is 191 Å². The number of nitrogens with zero attached hydrogens (tertiary/aromatic N) is 1. The smallest absolute Gasteiger partial charge is 0.194 e. The Hall–Kier alpha value is -2.91. The number of hydrogen-bond acceptors (Lipinski definition) is 3. The Morgan fingerprint density at radius 3 is 2.25 bits per heavy atom. The van der Waals surface area contributed by atoms with Gasteiger partial charge < -0.3 is 5.32 Å². The van der Waals surface area contributed by atoms with E-state index in [2.05, 4.69) is 68.8 Å². The van der Waals surface area contributed by atoms with E-state index in [9.17, 15) is 4.79 Å². The Bertz CT molecular complexity index is 1220. The van der Waals surface area contributed by atoms with Crippen molar-refractivity contribution in [2.24, 2.45) is 0 Å². The van der Waals surface area contributed by atoms with Crippen LogP contribution in [0.5, 0.6) is 0 Å². The van der Waals surface area contributed by atoms with Gasteiger partial charge in [-0.2, -0.15) is 0 Å². The van der Waals surface area contributed by atoms with E-state index in [0.717, 1.165) is 58.1 Å². The fourth-order valence-corrected chi connectivity index (χ4v) is 6.27. The number of carbonyl (C=O) groups is 1. The van der Waals surface area contributed by atoms with Crippen molar-refractivity contribution in [3.8, 4) is 11.1 Å². The Kier molecular flexibility index (Phi) is 4.79. The molecule has 3 nitrogen and oxygen atoms in total. The molecular weight excluding hydrogens is 392 g/mol. The zero-order chi connectivity index (χ0) is 22.7. The van der Waals surface area contributed by atoms with E-state index in [1.54, 1.807) is 0 Å². The van der Waals surface area contributed by atoms with Gasteiger partial charge in [-0.3, -0.25) is 9.69 Å². The molecule has 3 aromatic carbocycles. The molecule has 5 rings (SSSR count). The van der Waals surface area contributed by atoms with Crippen LogP contribution in [0.25, 0.3) is 21.9 Å². The summed E-state index contributed by atoms with van der Waals surface area (Å²) in [5.41, 5.74) is 5.04. The Morgan fingerprint density at radius 1 is 0.906 bits per heavy atom. The minimum absolute atomic E-state index is 0.0643. The van der Waals surface area contributed by atoms with Crippen LogP contribution in [0.15, 0.2) is 67.3 Å². The SMILES string of the molecule is C=CCN1C(C)(C)CC(Nc2ccc3c4c(cccc24)C(=O)c2ccccc2-3)CC1(C)C. The number of benzene rings is 3. The molecule has 0 bridgehead atoms. The van der Waals surface area contributed by atoms with Crippen molar-refractivity contribution in [2.75, 3.05) is 11.9 Å². The average Bonchev–Trinajstić information content (AvgIpc) is 2.75. The highest BCUT2D eigenvalue weighted by atomic mass is 16.1. The van der Waals surface area contributed by atoms with Crippen LogP contribution >= 0.6 is 0 Å². The first-order chi connectivity index (χ1) is 15.2. The minimum atomic E-state index is 0.0643. The van der Waals surface area contributed by atoms with Gasteiger partial charge in [-0.15, -0.1) is 6.58 Å². The molecule has 32 heavy (non-hydrogen) atoms. The summed E-state index contributed by atoms with van der Waals surface area (Å²) in [5.74, 6) is 0.121. The van der Waals surface area contributed by atoms with Crippen molar-refractivity contribution < 1.29 is 4.79 Å². The van der Waals surface area contributed by atoms with E-state index < -0.39 is 0 Å². The van der Waals surface area contributed by atoms with E-state index in [0.29, 0.717) is 6.04 Å². The summed E-state index contributed by atoms with van der Waals surface area (Å²) in [4.78, 5) is 15.8. The third-order valence-corrected chi connectivity index (χ3v) is 7.37. The molecule has 0 amide bonds. The van der Waals surface area contributed by atoms with Crippen molar-refractivity contribution in [3.05, 3.63) is 78.4 Å². The van der Waals surface area contributed by atoms with E-state index in [1.165, 1.54) is 0 Å². The number of rotatable bonds is 4. The Morgan fingerprint density at radius 2 is 1.56 bits per heavy atom. The van der Waals surface area contributed by atoms with Crippen LogP contribution < -0.4 is 5.32 Å². The number of anilines is 1. The van der Waals surface area contributed by atoms with Crippen LogP contribution in [0.2, 0.25) is 0 Å². The average molecular weight is 425 g/mol. The molecule has 3 aromatic rings. The fourth-order valence-electron chi connectivity index (χ4n) is 6.27. The van der Waals surface area contributed by atoms with Gasteiger partial charge >= 0.3 is 0 Å². The molecule has 3 heteroatoms. The quantitative estimate of drug-likeness (QED) is 0.371. The van der Waals surface area contributed by atoms with Crippen LogP contribution in [-0.2, 0) is 0 Å². The topological polar surface area (TPSA) is 32.3 Å². The monoisotopic (exact) mass is 424 g/mol. The predicted octanol–water partition coefficient (Wildman–Crippen LogP) is 6.67. The van der Waals surface area contributed by atoms with Crippen molar-refractivity contribution >= 4 is 22.2 Å². The van der Waals surface area contributed by atoms with E-state index in [1.807, 2.05) is 36.4 Å². The largest absolute Gasteiger partial charge is 0.382 e. The second-order valence-corrected chi connectivity index (χ2v) is 10.5. The molecule has 1 aliphatic carbocycles. The lowest BCUT2D eigenvalue weighted by atomic mass is 9.76. The molecule has 0 aromatic heterocycles. The number of fused-ring (bicyclic) bond motifs is 2. The van der Waals surface area contributed by atoms with Crippen LogP contribution in [0.4, 0.5) is 5.69 Å². The number of ketones is 1. The summed E-state index contributed by atoms with van der Waals surface area (Å²) in [5, 5.41) is 6.08. The lowest BCUT2D eigenvalue weighted by molar-refractivity contribution is -0.0214. The molecule has 0 saturated carbocycles. The zero-order valence-corrected chi connectivity index (χ0v) is 19.5. The summed E-state index contributed by atoms with van der Waals surface area (Å²) < 4.78 is 0. The highest BCUT2D eigenvalue weighted by molar-refractivity contribution is 6.27. The zero-order valence-electron chi connectivity index (χ0n) is 19.5. The van der Waals surface area contributed by atoms with E-state index in [4.69, 9.17) is 0 Å². The maximum atomic E-state index is 13.2. The summed E-state index contributed by atoms with van der Waals surface area (Å²) >= 11 is 0. The summed E-state index contributed by atoms with van der Waals surface area (Å²) in [6.07, 6.45) is 4.11. The second-order valence-electron chi connectivity index (χ2n) is 10.5. The second kappa shape index (κ2) is 7.31. The van der Waals surface area contributed by atoms with Crippen molar-refractivity contribution in [1.82, 2.24) is 4.90 Å². The molecule has 0 radical (unpaired) electrons. The number of piperidine rings is 1. The highest BCUT2D eigenvalue weighted by Gasteiger charge is 2.44. The van der Waals surface area contributed by atoms with Gasteiger partial charge in [0.1, 0.15) is 0 Å². The van der Waals surface area contributed by atoms with Gasteiger partial charge in [0.15, 0.2) is 5.78 Å². The molecule has 2 aliphatic rings. The normalized spacial score (nSPS) is 19.6. The minimum Gasteiger partial charge on any atom is -0.382 e. The van der Waals surface area contributed by atoms with Crippen LogP contribution in [-0.4, -0.2) is 34.3 Å². The van der Waals surface area contributed by atoms with E-state index >= 15 is 0 Å². The molecular formula is C29H32N2O. The first-order valence-electron chi connectivity index (χ1n) is 11.6. The number of carbonyl (C=O) groups excluding carboxylic acids is 1. The van der Waals surface area contributed by atoms with Gasteiger partial charge in [0, 0.05) is 51.3 Å². The van der Waals surface area contributed by atoms with Gasteiger partial charge in [-0.05, 0) is 57.7 Å². The molecule has 1 aliphatic heterocycles. The number of nitrogens with one attached hydrogen (secondary N) is 1. The van der Waals surface area contributed by atoms with Crippen LogP contribution in [0, 0.1) is 0 Å². The fraction of sp³-hybridized carbons (Fsp3) is 0.345. The third-order valence-electron chi connectivity index (χ3n) is 7.37. The first-order valence-corrected chi connectivity index (χ1v) is 11.6. The number of likely N-dealkylation sites (tertiary alicyclic amines) is 1. The standard InChI is InChI=1S/C29H32N2O/c1-6-16-31-28(2,3)17-19(18-29(31,4)5)30-25-15-14-21-20-10-7-8-11-22(20)27(32)24-13-9-12-23(25)26(21)24/h6-15,19,30H,1,16-18H2,2-5H3. The van der Waals surface area contributed by atoms with Gasteiger partial charge in [0.05, 0.1) is 0 Å². The van der Waals surface area contributed by atoms with E-state index in [-0.39, 0.29) is 16.9 Å². The molecule has 0 spiro atoms. The lowest BCUT2D eigenvalue weighted by Crippen LogP contribution is -2.62. The molecule has 0 unspecified atom stereocenters. The van der Waals surface area contributed by atoms with Gasteiger partial charge in [0.2, 0.25) is 0 Å². The molecule has 1 fully saturated rings. The highest BCUT2D eigenvalue weighted by Crippen LogP contribution is 2.44. The van der Waals surface area contributed by atoms with Crippen LogP contribution in [0.1, 0.15) is 56.5 Å². The van der Waals surface area contributed by atoms with Crippen LogP contribution in [0.3, 0.4) is 0 Å². The third kappa shape index (κ3) is 3.18. The summed E-state index contributed by atoms with van der Waals surface area (Å²) in [7, 11) is 0. The predicted molar refractivity (Wildman–Crippen MR) is 135 cm³/mol. The van der Waals surface area contributed by atoms with Gasteiger partial charge in [-0.25, -0.2) is 0 Å². The van der Waals surface area contributed by atoms with Crippen molar-refractivity contribution in [2.45, 2.75) is 57.7 Å². The molecule has 1 saturated heterocycles. The molecule has 1 N–H and O–H groups in total. The number of hydrogen-bond donors (Lipinski definition) is 1. The van der Waals surface area contributed by atoms with Gasteiger partial charge in [-0.1, -0.05) is 54.6 Å². The summed E-state index contributed by atoms with van der Waals surface area (Å²) in [6.45, 7) is 14.2. The van der Waals surface area contributed by atoms with Crippen molar-refractivity contribution in [1.29, 1.82) is 0 Å². The summed E-state index contributed by atoms with van der Waals surface area (Å²) in [6, 6.07) is 18.8. The maximum absolute atomic E-state index is 13.2. The first kappa shape index (κ1) is 21.0. The molecule has 1 heterocycles.